The number of carbonyl (C=O) groups excluding carboxylic acids is 1. The minimum absolute atomic E-state index is 0.0888. The highest BCUT2D eigenvalue weighted by atomic mass is 32.1. The first-order valence-electron chi connectivity index (χ1n) is 8.24. The van der Waals surface area contributed by atoms with Crippen molar-refractivity contribution in [2.24, 2.45) is 0 Å². The Labute approximate surface area is 158 Å². The zero-order valence-electron chi connectivity index (χ0n) is 14.4. The molecule has 0 unspecified atom stereocenters. The van der Waals surface area contributed by atoms with E-state index in [0.717, 1.165) is 20.8 Å². The molecule has 0 radical (unpaired) electrons. The first-order chi connectivity index (χ1) is 13.2. The molecule has 0 spiro atoms. The standard InChI is InChI=1S/C19H15N5O2S/c1-13-21-22-23-24(13)16(11-14-7-3-2-4-8-14)19(25)26-12-18-20-15-9-5-6-10-17(15)27-18/h2-11H,12H2,1H3/b16-11-. The maximum absolute atomic E-state index is 12.8. The number of esters is 1. The van der Waals surface area contributed by atoms with Gasteiger partial charge in [-0.05, 0) is 41.1 Å². The number of hydrogen-bond donors (Lipinski definition) is 0. The molecule has 0 amide bonds. The number of thiazole rings is 1. The van der Waals surface area contributed by atoms with Crippen LogP contribution in [0.3, 0.4) is 0 Å². The van der Waals surface area contributed by atoms with Gasteiger partial charge in [0.15, 0.2) is 11.5 Å². The maximum atomic E-state index is 12.8. The van der Waals surface area contributed by atoms with Gasteiger partial charge in [-0.25, -0.2) is 9.78 Å². The second kappa shape index (κ2) is 7.46. The Balaban J connectivity index is 1.59. The van der Waals surface area contributed by atoms with E-state index in [1.165, 1.54) is 16.0 Å². The first kappa shape index (κ1) is 17.0. The van der Waals surface area contributed by atoms with E-state index in [0.29, 0.717) is 5.82 Å². The summed E-state index contributed by atoms with van der Waals surface area (Å²) in [5.74, 6) is -0.0253. The minimum atomic E-state index is -0.520. The molecule has 0 aliphatic carbocycles. The van der Waals surface area contributed by atoms with Crippen molar-refractivity contribution in [3.05, 3.63) is 71.0 Å². The SMILES string of the molecule is Cc1nnnn1/C(=C\c1ccccc1)C(=O)OCc1nc2ccccc2s1. The lowest BCUT2D eigenvalue weighted by molar-refractivity contribution is -0.138. The smallest absolute Gasteiger partial charge is 0.357 e. The van der Waals surface area contributed by atoms with Crippen LogP contribution in [-0.2, 0) is 16.1 Å². The highest BCUT2D eigenvalue weighted by molar-refractivity contribution is 7.18. The summed E-state index contributed by atoms with van der Waals surface area (Å²) in [6, 6.07) is 17.3. The predicted molar refractivity (Wildman–Crippen MR) is 103 cm³/mol. The van der Waals surface area contributed by atoms with Crippen molar-refractivity contribution in [2.75, 3.05) is 0 Å². The van der Waals surface area contributed by atoms with Crippen LogP contribution in [0.1, 0.15) is 16.4 Å². The summed E-state index contributed by atoms with van der Waals surface area (Å²) < 4.78 is 7.92. The van der Waals surface area contributed by atoms with Crippen LogP contribution in [0.25, 0.3) is 22.0 Å². The number of hydrogen-bond acceptors (Lipinski definition) is 7. The molecule has 134 valence electrons. The van der Waals surface area contributed by atoms with Gasteiger partial charge >= 0.3 is 5.97 Å². The minimum Gasteiger partial charge on any atom is -0.454 e. The van der Waals surface area contributed by atoms with E-state index >= 15 is 0 Å². The molecule has 2 heterocycles. The average molecular weight is 377 g/mol. The largest absolute Gasteiger partial charge is 0.454 e. The molecular weight excluding hydrogens is 362 g/mol. The molecule has 0 saturated carbocycles. The summed E-state index contributed by atoms with van der Waals surface area (Å²) in [4.78, 5) is 17.2. The Morgan fingerprint density at radius 3 is 2.67 bits per heavy atom. The molecule has 0 bridgehead atoms. The molecule has 0 fully saturated rings. The van der Waals surface area contributed by atoms with Crippen molar-refractivity contribution in [2.45, 2.75) is 13.5 Å². The number of para-hydroxylation sites is 1. The summed E-state index contributed by atoms with van der Waals surface area (Å²) in [6.45, 7) is 1.81. The number of rotatable bonds is 5. The van der Waals surface area contributed by atoms with Crippen molar-refractivity contribution < 1.29 is 9.53 Å². The Morgan fingerprint density at radius 1 is 1.15 bits per heavy atom. The molecule has 4 aromatic rings. The Morgan fingerprint density at radius 2 is 1.93 bits per heavy atom. The number of carbonyl (C=O) groups is 1. The second-order valence-electron chi connectivity index (χ2n) is 5.73. The van der Waals surface area contributed by atoms with E-state index < -0.39 is 5.97 Å². The number of benzene rings is 2. The number of aryl methyl sites for hydroxylation is 1. The Kier molecular flexibility index (Phi) is 4.71. The normalized spacial score (nSPS) is 11.7. The number of nitrogens with zero attached hydrogens (tertiary/aromatic N) is 5. The van der Waals surface area contributed by atoms with Gasteiger partial charge in [-0.1, -0.05) is 42.5 Å². The van der Waals surface area contributed by atoms with Crippen LogP contribution in [0.2, 0.25) is 0 Å². The van der Waals surface area contributed by atoms with Crippen LogP contribution in [-0.4, -0.2) is 31.2 Å². The molecule has 2 aromatic heterocycles. The van der Waals surface area contributed by atoms with Crippen LogP contribution in [0.15, 0.2) is 54.6 Å². The summed E-state index contributed by atoms with van der Waals surface area (Å²) in [6.07, 6.45) is 1.70. The van der Waals surface area contributed by atoms with E-state index in [-0.39, 0.29) is 12.3 Å². The molecule has 0 aliphatic rings. The molecule has 0 aliphatic heterocycles. The third kappa shape index (κ3) is 3.75. The fraction of sp³-hybridized carbons (Fsp3) is 0.105. The molecule has 0 saturated heterocycles. The van der Waals surface area contributed by atoms with Gasteiger partial charge in [-0.3, -0.25) is 0 Å². The van der Waals surface area contributed by atoms with Gasteiger partial charge in [-0.2, -0.15) is 4.68 Å². The number of fused-ring (bicyclic) bond motifs is 1. The van der Waals surface area contributed by atoms with Crippen LogP contribution in [0, 0.1) is 6.92 Å². The zero-order valence-corrected chi connectivity index (χ0v) is 15.3. The van der Waals surface area contributed by atoms with Crippen molar-refractivity contribution >= 4 is 39.3 Å². The number of tetrazole rings is 1. The molecular formula is C19H15N5O2S. The van der Waals surface area contributed by atoms with Crippen molar-refractivity contribution in [3.8, 4) is 0 Å². The lowest BCUT2D eigenvalue weighted by Gasteiger charge is -2.08. The molecule has 0 atom stereocenters. The molecule has 8 heteroatoms. The van der Waals surface area contributed by atoms with Crippen molar-refractivity contribution in [1.82, 2.24) is 25.2 Å². The van der Waals surface area contributed by atoms with E-state index in [1.807, 2.05) is 54.6 Å². The van der Waals surface area contributed by atoms with Gasteiger partial charge in [0.2, 0.25) is 0 Å². The lowest BCUT2D eigenvalue weighted by atomic mass is 10.2. The van der Waals surface area contributed by atoms with Gasteiger partial charge in [0.25, 0.3) is 0 Å². The Bertz CT molecular complexity index is 1080. The van der Waals surface area contributed by atoms with Crippen LogP contribution in [0.4, 0.5) is 0 Å². The van der Waals surface area contributed by atoms with Gasteiger partial charge in [0, 0.05) is 0 Å². The number of aromatic nitrogens is 5. The lowest BCUT2D eigenvalue weighted by Crippen LogP contribution is -2.15. The summed E-state index contributed by atoms with van der Waals surface area (Å²) in [7, 11) is 0. The molecule has 27 heavy (non-hydrogen) atoms. The van der Waals surface area contributed by atoms with Gasteiger partial charge in [-0.15, -0.1) is 16.4 Å². The third-order valence-corrected chi connectivity index (χ3v) is 4.84. The second-order valence-corrected chi connectivity index (χ2v) is 6.84. The van der Waals surface area contributed by atoms with Crippen molar-refractivity contribution in [3.63, 3.8) is 0 Å². The Hall–Kier alpha value is -3.39. The number of ether oxygens (including phenoxy) is 1. The predicted octanol–water partition coefficient (Wildman–Crippen LogP) is 3.33. The zero-order chi connectivity index (χ0) is 18.6. The first-order valence-corrected chi connectivity index (χ1v) is 9.06. The highest BCUT2D eigenvalue weighted by Gasteiger charge is 2.18. The van der Waals surface area contributed by atoms with Crippen LogP contribution in [0.5, 0.6) is 0 Å². The van der Waals surface area contributed by atoms with Gasteiger partial charge < -0.3 is 4.74 Å². The van der Waals surface area contributed by atoms with Crippen LogP contribution >= 0.6 is 11.3 Å². The summed E-state index contributed by atoms with van der Waals surface area (Å²) >= 11 is 1.50. The molecule has 0 N–H and O–H groups in total. The maximum Gasteiger partial charge on any atom is 0.357 e. The van der Waals surface area contributed by atoms with Gasteiger partial charge in [0.05, 0.1) is 10.2 Å². The van der Waals surface area contributed by atoms with E-state index in [2.05, 4.69) is 20.5 Å². The van der Waals surface area contributed by atoms with E-state index in [4.69, 9.17) is 4.74 Å². The van der Waals surface area contributed by atoms with E-state index in [9.17, 15) is 4.79 Å². The molecule has 2 aromatic carbocycles. The summed E-state index contributed by atoms with van der Waals surface area (Å²) in [5, 5.41) is 12.1. The third-order valence-electron chi connectivity index (χ3n) is 3.83. The molecule has 7 nitrogen and oxygen atoms in total. The quantitative estimate of drug-likeness (QED) is 0.392. The van der Waals surface area contributed by atoms with Crippen LogP contribution < -0.4 is 0 Å². The monoisotopic (exact) mass is 377 g/mol. The average Bonchev–Trinajstić information content (AvgIpc) is 3.30. The molecule has 4 rings (SSSR count). The highest BCUT2D eigenvalue weighted by Crippen LogP contribution is 2.22. The fourth-order valence-corrected chi connectivity index (χ4v) is 3.43. The van der Waals surface area contributed by atoms with Crippen molar-refractivity contribution in [1.29, 1.82) is 0 Å². The van der Waals surface area contributed by atoms with Gasteiger partial charge in [0.1, 0.15) is 11.6 Å². The van der Waals surface area contributed by atoms with E-state index in [1.54, 1.807) is 13.0 Å². The topological polar surface area (TPSA) is 82.8 Å². The summed E-state index contributed by atoms with van der Waals surface area (Å²) in [5.41, 5.74) is 1.98. The fourth-order valence-electron chi connectivity index (χ4n) is 2.55.